The first-order valence-corrected chi connectivity index (χ1v) is 10.7. The first kappa shape index (κ1) is 25.4. The van der Waals surface area contributed by atoms with Crippen molar-refractivity contribution in [2.75, 3.05) is 26.7 Å². The van der Waals surface area contributed by atoms with E-state index in [4.69, 9.17) is 0 Å². The fourth-order valence-electron chi connectivity index (χ4n) is 2.92. The molecule has 5 nitrogen and oxygen atoms in total. The lowest BCUT2D eigenvalue weighted by Gasteiger charge is -2.25. The van der Waals surface area contributed by atoms with E-state index in [0.717, 1.165) is 36.7 Å². The van der Waals surface area contributed by atoms with Gasteiger partial charge in [0.15, 0.2) is 5.96 Å². The van der Waals surface area contributed by atoms with Crippen molar-refractivity contribution in [3.63, 3.8) is 0 Å². The van der Waals surface area contributed by atoms with E-state index in [0.29, 0.717) is 6.54 Å². The van der Waals surface area contributed by atoms with Crippen LogP contribution in [0, 0.1) is 0 Å². The molecule has 1 amide bonds. The maximum atomic E-state index is 12.4. The Hall–Kier alpha value is -1.61. The molecule has 0 aliphatic heterocycles. The van der Waals surface area contributed by atoms with Gasteiger partial charge in [0, 0.05) is 49.1 Å². The van der Waals surface area contributed by atoms with Crippen LogP contribution in [-0.4, -0.2) is 43.4 Å². The van der Waals surface area contributed by atoms with Gasteiger partial charge in [-0.05, 0) is 43.0 Å². The highest BCUT2D eigenvalue weighted by molar-refractivity contribution is 14.0. The third-order valence-corrected chi connectivity index (χ3v) is 6.06. The highest BCUT2D eigenvalue weighted by atomic mass is 127. The van der Waals surface area contributed by atoms with Crippen LogP contribution in [-0.2, 0) is 12.0 Å². The predicted octanol–water partition coefficient (Wildman–Crippen LogP) is 4.49. The molecule has 29 heavy (non-hydrogen) atoms. The van der Waals surface area contributed by atoms with E-state index in [1.54, 1.807) is 18.4 Å². The topological polar surface area (TPSA) is 56.7 Å². The number of thiophene rings is 1. The zero-order chi connectivity index (χ0) is 20.6. The van der Waals surface area contributed by atoms with E-state index in [1.807, 2.05) is 43.0 Å². The van der Waals surface area contributed by atoms with Gasteiger partial charge in [-0.15, -0.1) is 35.3 Å². The number of carbonyl (C=O) groups is 1. The van der Waals surface area contributed by atoms with E-state index in [1.165, 1.54) is 4.88 Å². The first-order chi connectivity index (χ1) is 13.4. The maximum absolute atomic E-state index is 12.4. The largest absolute Gasteiger partial charge is 0.356 e. The summed E-state index contributed by atoms with van der Waals surface area (Å²) in [5.74, 6) is 0.853. The fraction of sp³-hybridized carbons (Fsp3) is 0.455. The average Bonchev–Trinajstić information content (AvgIpc) is 3.25. The van der Waals surface area contributed by atoms with Crippen LogP contribution in [0.25, 0.3) is 0 Å². The lowest BCUT2D eigenvalue weighted by molar-refractivity contribution is 0.0773. The minimum Gasteiger partial charge on any atom is -0.356 e. The molecule has 2 N–H and O–H groups in total. The Balaban J connectivity index is 0.00000420. The Labute approximate surface area is 196 Å². The van der Waals surface area contributed by atoms with Gasteiger partial charge in [0.2, 0.25) is 0 Å². The third-order valence-electron chi connectivity index (χ3n) is 4.82. The molecule has 1 heterocycles. The number of halogens is 1. The van der Waals surface area contributed by atoms with E-state index in [9.17, 15) is 4.79 Å². The van der Waals surface area contributed by atoms with Crippen molar-refractivity contribution >= 4 is 47.2 Å². The zero-order valence-electron chi connectivity index (χ0n) is 18.0. The molecule has 0 unspecified atom stereocenters. The van der Waals surface area contributed by atoms with Crippen molar-refractivity contribution in [2.24, 2.45) is 4.99 Å². The summed E-state index contributed by atoms with van der Waals surface area (Å²) in [5, 5.41) is 8.87. The van der Waals surface area contributed by atoms with Crippen LogP contribution in [0.1, 0.15) is 48.5 Å². The summed E-state index contributed by atoms with van der Waals surface area (Å²) in [6, 6.07) is 12.0. The molecule has 0 radical (unpaired) electrons. The summed E-state index contributed by atoms with van der Waals surface area (Å²) in [4.78, 5) is 19.9. The summed E-state index contributed by atoms with van der Waals surface area (Å²) in [6.07, 6.45) is 0. The van der Waals surface area contributed by atoms with Crippen LogP contribution in [0.3, 0.4) is 0 Å². The third kappa shape index (κ3) is 7.29. The van der Waals surface area contributed by atoms with Crippen LogP contribution in [0.2, 0.25) is 0 Å². The molecular formula is C22H33IN4OS. The van der Waals surface area contributed by atoms with E-state index in [-0.39, 0.29) is 35.3 Å². The van der Waals surface area contributed by atoms with Gasteiger partial charge in [0.05, 0.1) is 0 Å². The Morgan fingerprint density at radius 3 is 2.28 bits per heavy atom. The smallest absolute Gasteiger partial charge is 0.253 e. The second kappa shape index (κ2) is 12.2. The summed E-state index contributed by atoms with van der Waals surface area (Å²) in [5.41, 5.74) is 1.88. The molecule has 0 bridgehead atoms. The monoisotopic (exact) mass is 528 g/mol. The van der Waals surface area contributed by atoms with Crippen molar-refractivity contribution < 1.29 is 4.79 Å². The lowest BCUT2D eigenvalue weighted by atomic mass is 9.91. The molecule has 0 fully saturated rings. The molecule has 2 rings (SSSR count). The second-order valence-electron chi connectivity index (χ2n) is 7.31. The highest BCUT2D eigenvalue weighted by Gasteiger charge is 2.21. The van der Waals surface area contributed by atoms with Crippen LogP contribution in [0.5, 0.6) is 0 Å². The second-order valence-corrected chi connectivity index (χ2v) is 8.26. The quantitative estimate of drug-likeness (QED) is 0.302. The Morgan fingerprint density at radius 2 is 1.76 bits per heavy atom. The minimum atomic E-state index is 0. The van der Waals surface area contributed by atoms with Crippen LogP contribution in [0.4, 0.5) is 0 Å². The molecule has 0 aliphatic carbocycles. The maximum Gasteiger partial charge on any atom is 0.253 e. The van der Waals surface area contributed by atoms with Gasteiger partial charge in [0.1, 0.15) is 0 Å². The van der Waals surface area contributed by atoms with Crippen molar-refractivity contribution in [3.8, 4) is 0 Å². The van der Waals surface area contributed by atoms with Gasteiger partial charge >= 0.3 is 0 Å². The molecule has 0 saturated heterocycles. The number of rotatable bonds is 8. The van der Waals surface area contributed by atoms with Crippen LogP contribution in [0.15, 0.2) is 46.8 Å². The minimum absolute atomic E-state index is 0. The summed E-state index contributed by atoms with van der Waals surface area (Å²) >= 11 is 1.78. The fourth-order valence-corrected chi connectivity index (χ4v) is 3.77. The Morgan fingerprint density at radius 1 is 1.10 bits per heavy atom. The van der Waals surface area contributed by atoms with Crippen molar-refractivity contribution in [1.82, 2.24) is 15.5 Å². The molecule has 0 spiro atoms. The van der Waals surface area contributed by atoms with Crippen molar-refractivity contribution in [3.05, 3.63) is 57.8 Å². The molecular weight excluding hydrogens is 495 g/mol. The van der Waals surface area contributed by atoms with Gasteiger partial charge in [-0.1, -0.05) is 32.0 Å². The van der Waals surface area contributed by atoms with Crippen LogP contribution >= 0.6 is 35.3 Å². The summed E-state index contributed by atoms with van der Waals surface area (Å²) in [7, 11) is 1.78. The molecule has 1 aromatic heterocycles. The number of guanidine groups is 1. The number of benzene rings is 1. The molecule has 1 aromatic carbocycles. The first-order valence-electron chi connectivity index (χ1n) is 9.78. The van der Waals surface area contributed by atoms with Gasteiger partial charge in [0.25, 0.3) is 5.91 Å². The van der Waals surface area contributed by atoms with E-state index >= 15 is 0 Å². The van der Waals surface area contributed by atoms with Crippen molar-refractivity contribution in [2.45, 2.75) is 39.7 Å². The molecule has 7 heteroatoms. The van der Waals surface area contributed by atoms with Gasteiger partial charge in [-0.3, -0.25) is 9.79 Å². The van der Waals surface area contributed by atoms with Gasteiger partial charge < -0.3 is 15.5 Å². The normalized spacial score (nSPS) is 11.6. The Bertz CT molecular complexity index is 769. The Kier molecular flexibility index (Phi) is 10.7. The highest BCUT2D eigenvalue weighted by Crippen LogP contribution is 2.26. The number of hydrogen-bond donors (Lipinski definition) is 2. The molecule has 0 atom stereocenters. The van der Waals surface area contributed by atoms with Crippen molar-refractivity contribution in [1.29, 1.82) is 0 Å². The van der Waals surface area contributed by atoms with E-state index in [2.05, 4.69) is 47.0 Å². The molecule has 160 valence electrons. The molecule has 0 saturated carbocycles. The van der Waals surface area contributed by atoms with E-state index < -0.39 is 0 Å². The number of carbonyl (C=O) groups excluding carboxylic acids is 1. The SMILES string of the molecule is CCN(CC)C(=O)c1ccc(CNC(=NC)NCC(C)(C)c2cccs2)cc1.I. The summed E-state index contributed by atoms with van der Waals surface area (Å²) in [6.45, 7) is 11.3. The standard InChI is InChI=1S/C22H32N4OS.HI/c1-6-26(7-2)20(27)18-12-10-17(11-13-18)15-24-21(23-5)25-16-22(3,4)19-9-8-14-28-19;/h8-14H,6-7,15-16H2,1-5H3,(H2,23,24,25);1H. The van der Waals surface area contributed by atoms with Gasteiger partial charge in [-0.2, -0.15) is 0 Å². The number of nitrogens with one attached hydrogen (secondary N) is 2. The van der Waals surface area contributed by atoms with Crippen LogP contribution < -0.4 is 10.6 Å². The molecule has 2 aromatic rings. The number of aliphatic imine (C=N–C) groups is 1. The predicted molar refractivity (Wildman–Crippen MR) is 135 cm³/mol. The zero-order valence-corrected chi connectivity index (χ0v) is 21.1. The lowest BCUT2D eigenvalue weighted by Crippen LogP contribution is -2.42. The average molecular weight is 529 g/mol. The number of amides is 1. The number of hydrogen-bond acceptors (Lipinski definition) is 3. The van der Waals surface area contributed by atoms with Gasteiger partial charge in [-0.25, -0.2) is 0 Å². The summed E-state index contributed by atoms with van der Waals surface area (Å²) < 4.78 is 0. The number of nitrogens with zero attached hydrogens (tertiary/aromatic N) is 2. The molecule has 0 aliphatic rings.